The van der Waals surface area contributed by atoms with Gasteiger partial charge in [0.15, 0.2) is 0 Å². The normalized spacial score (nSPS) is 14.7. The number of halogens is 2. The van der Waals surface area contributed by atoms with Crippen LogP contribution in [0.2, 0.25) is 5.02 Å². The van der Waals surface area contributed by atoms with Crippen LogP contribution in [0, 0.1) is 0 Å². The molecule has 0 saturated heterocycles. The molecule has 1 atom stereocenters. The molecule has 0 aliphatic heterocycles. The minimum Gasteiger partial charge on any atom is -0.495 e. The third kappa shape index (κ3) is 8.35. The molecule has 2 aromatic rings. The predicted molar refractivity (Wildman–Crippen MR) is 154 cm³/mol. The maximum Gasteiger partial charge on any atom is 0.242 e. The number of rotatable bonds is 12. The summed E-state index contributed by atoms with van der Waals surface area (Å²) in [4.78, 5) is 28.1. The lowest BCUT2D eigenvalue weighted by Crippen LogP contribution is -2.49. The molecule has 1 saturated carbocycles. The average Bonchev–Trinajstić information content (AvgIpc) is 3.38. The number of hydrogen-bond donors (Lipinski definition) is 1. The summed E-state index contributed by atoms with van der Waals surface area (Å²) in [5.41, 5.74) is 1.29. The largest absolute Gasteiger partial charge is 0.495 e. The number of benzene rings is 2. The van der Waals surface area contributed by atoms with E-state index in [9.17, 15) is 18.0 Å². The Balaban J connectivity index is 1.72. The lowest BCUT2D eigenvalue weighted by molar-refractivity contribution is -0.141. The van der Waals surface area contributed by atoms with E-state index in [0.29, 0.717) is 11.4 Å². The third-order valence-corrected chi connectivity index (χ3v) is 8.73. The number of ether oxygens (including phenoxy) is 1. The van der Waals surface area contributed by atoms with E-state index in [4.69, 9.17) is 16.3 Å². The zero-order chi connectivity index (χ0) is 27.9. The molecule has 0 radical (unpaired) electrons. The molecule has 0 heterocycles. The van der Waals surface area contributed by atoms with Crippen LogP contribution < -0.4 is 14.4 Å². The molecular weight excluding hydrogens is 594 g/mol. The summed E-state index contributed by atoms with van der Waals surface area (Å²) in [5, 5.41) is 3.38. The third-order valence-electron chi connectivity index (χ3n) is 6.71. The highest BCUT2D eigenvalue weighted by Crippen LogP contribution is 2.30. The zero-order valence-electron chi connectivity index (χ0n) is 22.0. The molecule has 1 aliphatic rings. The van der Waals surface area contributed by atoms with Gasteiger partial charge in [-0.1, -0.05) is 52.5 Å². The van der Waals surface area contributed by atoms with Crippen LogP contribution in [0.1, 0.15) is 51.0 Å². The van der Waals surface area contributed by atoms with Crippen molar-refractivity contribution in [2.24, 2.45) is 0 Å². The maximum absolute atomic E-state index is 13.4. The van der Waals surface area contributed by atoms with Crippen molar-refractivity contribution in [1.29, 1.82) is 0 Å². The summed E-state index contributed by atoms with van der Waals surface area (Å²) >= 11 is 9.64. The van der Waals surface area contributed by atoms with Crippen LogP contribution in [-0.4, -0.2) is 57.1 Å². The van der Waals surface area contributed by atoms with E-state index in [1.165, 1.54) is 17.5 Å². The molecule has 0 aromatic heterocycles. The first-order valence-corrected chi connectivity index (χ1v) is 15.7. The van der Waals surface area contributed by atoms with Gasteiger partial charge in [0.2, 0.25) is 21.8 Å². The predicted octanol–water partition coefficient (Wildman–Crippen LogP) is 5.13. The Bertz CT molecular complexity index is 1220. The molecule has 11 heteroatoms. The number of carbonyl (C=O) groups excluding carboxylic acids is 2. The van der Waals surface area contributed by atoms with Crippen molar-refractivity contribution in [1.82, 2.24) is 10.2 Å². The number of anilines is 1. The van der Waals surface area contributed by atoms with Gasteiger partial charge in [-0.05, 0) is 62.1 Å². The highest BCUT2D eigenvalue weighted by molar-refractivity contribution is 9.10. The fourth-order valence-corrected chi connectivity index (χ4v) is 6.05. The van der Waals surface area contributed by atoms with Gasteiger partial charge in [-0.3, -0.25) is 13.9 Å². The molecule has 38 heavy (non-hydrogen) atoms. The van der Waals surface area contributed by atoms with Crippen LogP contribution in [0.25, 0.3) is 0 Å². The molecule has 1 fully saturated rings. The molecule has 1 N–H and O–H groups in total. The van der Waals surface area contributed by atoms with Crippen molar-refractivity contribution in [3.63, 3.8) is 0 Å². The van der Waals surface area contributed by atoms with Crippen LogP contribution in [0.4, 0.5) is 5.69 Å². The standard InChI is InChI=1S/C27H35BrClN3O5S/c1-19(27(34)30-22-7-4-5-8-22)31(18-20-10-12-21(28)13-11-20)26(33)9-6-16-32(38(3,35)36)23-14-15-25(37-2)24(29)17-23/h10-15,17,19,22H,4-9,16,18H2,1-3H3,(H,30,34)/t19-/m1/s1. The first-order valence-electron chi connectivity index (χ1n) is 12.6. The van der Waals surface area contributed by atoms with Gasteiger partial charge < -0.3 is 15.0 Å². The SMILES string of the molecule is COc1ccc(N(CCCC(=O)N(Cc2ccc(Br)cc2)[C@H](C)C(=O)NC2CCCC2)S(C)(=O)=O)cc1Cl. The van der Waals surface area contributed by atoms with Crippen LogP contribution in [0.5, 0.6) is 5.75 Å². The van der Waals surface area contributed by atoms with Crippen LogP contribution >= 0.6 is 27.5 Å². The molecule has 2 amide bonds. The summed E-state index contributed by atoms with van der Waals surface area (Å²) in [6.45, 7) is 2.10. The van der Waals surface area contributed by atoms with E-state index in [0.717, 1.165) is 42.0 Å². The highest BCUT2D eigenvalue weighted by atomic mass is 79.9. The topological polar surface area (TPSA) is 96.0 Å². The van der Waals surface area contributed by atoms with Gasteiger partial charge in [0.05, 0.1) is 24.1 Å². The Morgan fingerprint density at radius 2 is 1.82 bits per heavy atom. The van der Waals surface area contributed by atoms with Gasteiger partial charge in [-0.25, -0.2) is 8.42 Å². The van der Waals surface area contributed by atoms with E-state index in [1.807, 2.05) is 24.3 Å². The second-order valence-corrected chi connectivity index (χ2v) is 12.8. The highest BCUT2D eigenvalue weighted by Gasteiger charge is 2.29. The van der Waals surface area contributed by atoms with Gasteiger partial charge in [0.1, 0.15) is 11.8 Å². The fourth-order valence-electron chi connectivity index (χ4n) is 4.58. The molecular formula is C27H35BrClN3O5S. The van der Waals surface area contributed by atoms with Crippen LogP contribution in [0.15, 0.2) is 46.9 Å². The molecule has 0 unspecified atom stereocenters. The number of nitrogens with one attached hydrogen (secondary N) is 1. The number of sulfonamides is 1. The average molecular weight is 629 g/mol. The molecule has 2 aromatic carbocycles. The number of amides is 2. The van der Waals surface area contributed by atoms with Crippen molar-refractivity contribution < 1.29 is 22.7 Å². The van der Waals surface area contributed by atoms with Crippen LogP contribution in [-0.2, 0) is 26.2 Å². The Morgan fingerprint density at radius 1 is 1.16 bits per heavy atom. The van der Waals surface area contributed by atoms with Crippen molar-refractivity contribution in [2.45, 2.75) is 64.1 Å². The minimum atomic E-state index is -3.63. The Morgan fingerprint density at radius 3 is 2.39 bits per heavy atom. The lowest BCUT2D eigenvalue weighted by atomic mass is 10.1. The molecule has 3 rings (SSSR count). The Hall–Kier alpha value is -2.30. The van der Waals surface area contributed by atoms with E-state index in [1.54, 1.807) is 24.0 Å². The van der Waals surface area contributed by atoms with E-state index in [2.05, 4.69) is 21.2 Å². The lowest BCUT2D eigenvalue weighted by Gasteiger charge is -2.30. The second kappa shape index (κ2) is 13.7. The summed E-state index contributed by atoms with van der Waals surface area (Å²) in [6, 6.07) is 11.8. The number of methoxy groups -OCH3 is 1. The summed E-state index contributed by atoms with van der Waals surface area (Å²) < 4.78 is 32.4. The van der Waals surface area contributed by atoms with Gasteiger partial charge in [0.25, 0.3) is 0 Å². The van der Waals surface area contributed by atoms with Crippen molar-refractivity contribution >= 4 is 55.1 Å². The molecule has 0 bridgehead atoms. The summed E-state index contributed by atoms with van der Waals surface area (Å²) in [5.74, 6) is 0.0451. The quantitative estimate of drug-likeness (QED) is 0.352. The molecule has 8 nitrogen and oxygen atoms in total. The molecule has 0 spiro atoms. The summed E-state index contributed by atoms with van der Waals surface area (Å²) in [7, 11) is -2.15. The molecule has 208 valence electrons. The van der Waals surface area contributed by atoms with Gasteiger partial charge in [0, 0.05) is 30.0 Å². The number of nitrogens with zero attached hydrogens (tertiary/aromatic N) is 2. The van der Waals surface area contributed by atoms with Crippen molar-refractivity contribution in [3.05, 3.63) is 57.5 Å². The monoisotopic (exact) mass is 627 g/mol. The minimum absolute atomic E-state index is 0.0769. The Kier molecular flexibility index (Phi) is 10.9. The number of hydrogen-bond acceptors (Lipinski definition) is 5. The second-order valence-electron chi connectivity index (χ2n) is 9.57. The number of carbonyl (C=O) groups is 2. The smallest absolute Gasteiger partial charge is 0.242 e. The van der Waals surface area contributed by atoms with Crippen molar-refractivity contribution in [3.8, 4) is 5.75 Å². The van der Waals surface area contributed by atoms with Crippen molar-refractivity contribution in [2.75, 3.05) is 24.2 Å². The van der Waals surface area contributed by atoms with E-state index < -0.39 is 16.1 Å². The summed E-state index contributed by atoms with van der Waals surface area (Å²) in [6.07, 6.45) is 5.55. The Labute approximate surface area is 238 Å². The van der Waals surface area contributed by atoms with E-state index >= 15 is 0 Å². The molecule has 1 aliphatic carbocycles. The maximum atomic E-state index is 13.4. The van der Waals surface area contributed by atoms with Gasteiger partial charge in [-0.15, -0.1) is 0 Å². The first-order chi connectivity index (χ1) is 18.0. The van der Waals surface area contributed by atoms with Gasteiger partial charge >= 0.3 is 0 Å². The zero-order valence-corrected chi connectivity index (χ0v) is 25.1. The first kappa shape index (κ1) is 30.2. The fraction of sp³-hybridized carbons (Fsp3) is 0.481. The van der Waals surface area contributed by atoms with Gasteiger partial charge in [-0.2, -0.15) is 0 Å². The van der Waals surface area contributed by atoms with E-state index in [-0.39, 0.29) is 48.8 Å². The van der Waals surface area contributed by atoms with Crippen LogP contribution in [0.3, 0.4) is 0 Å².